The van der Waals surface area contributed by atoms with Gasteiger partial charge in [0, 0.05) is 57.6 Å². The number of carbonyl (C=O) groups is 2. The van der Waals surface area contributed by atoms with Crippen molar-refractivity contribution in [3.05, 3.63) is 53.7 Å². The number of anilines is 3. The van der Waals surface area contributed by atoms with Gasteiger partial charge in [-0.2, -0.15) is 10.2 Å². The molecule has 0 bridgehead atoms. The van der Waals surface area contributed by atoms with Crippen molar-refractivity contribution in [2.24, 2.45) is 5.92 Å². The van der Waals surface area contributed by atoms with Crippen molar-refractivity contribution in [3.63, 3.8) is 0 Å². The minimum absolute atomic E-state index is 0.0222. The van der Waals surface area contributed by atoms with E-state index in [9.17, 15) is 9.59 Å². The molecule has 0 spiro atoms. The first-order chi connectivity index (χ1) is 20.2. The van der Waals surface area contributed by atoms with Crippen LogP contribution in [0.2, 0.25) is 0 Å². The van der Waals surface area contributed by atoms with Crippen LogP contribution in [0.5, 0.6) is 0 Å². The van der Waals surface area contributed by atoms with Gasteiger partial charge in [0.1, 0.15) is 11.9 Å². The van der Waals surface area contributed by atoms with Gasteiger partial charge in [0.2, 0.25) is 17.8 Å². The fourth-order valence-corrected chi connectivity index (χ4v) is 4.05. The number of hydrogen-bond donors (Lipinski definition) is 3. The molecule has 1 aliphatic carbocycles. The molecule has 3 N–H and O–H groups in total. The van der Waals surface area contributed by atoms with Crippen LogP contribution in [0, 0.1) is 29.1 Å². The highest BCUT2D eigenvalue weighted by molar-refractivity contribution is 5.92. The highest BCUT2D eigenvalue weighted by Crippen LogP contribution is 2.27. The van der Waals surface area contributed by atoms with Crippen molar-refractivity contribution in [1.82, 2.24) is 25.1 Å². The van der Waals surface area contributed by atoms with Gasteiger partial charge >= 0.3 is 0 Å². The van der Waals surface area contributed by atoms with Crippen LogP contribution in [0.4, 0.5) is 17.5 Å². The number of nitrogens with zero attached hydrogens (tertiary/aromatic N) is 5. The van der Waals surface area contributed by atoms with E-state index in [4.69, 9.17) is 10.00 Å². The Kier molecular flexibility index (Phi) is 12.3. The maximum atomic E-state index is 12.7. The second-order valence-electron chi connectivity index (χ2n) is 10.5. The molecular weight excluding hydrogens is 532 g/mol. The Morgan fingerprint density at radius 3 is 2.62 bits per heavy atom. The van der Waals surface area contributed by atoms with Crippen molar-refractivity contribution < 1.29 is 14.3 Å². The summed E-state index contributed by atoms with van der Waals surface area (Å²) in [5.41, 5.74) is 2.03. The first-order valence-corrected chi connectivity index (χ1v) is 14.0. The molecule has 222 valence electrons. The van der Waals surface area contributed by atoms with E-state index in [-0.39, 0.29) is 23.8 Å². The van der Waals surface area contributed by atoms with Crippen molar-refractivity contribution in [1.29, 1.82) is 5.26 Å². The first-order valence-electron chi connectivity index (χ1n) is 14.0. The molecule has 11 nitrogen and oxygen atoms in total. The number of likely N-dealkylation sites (N-methyl/N-ethyl adjacent to an activating group) is 2. The molecule has 1 aliphatic rings. The third-order valence-electron chi connectivity index (χ3n) is 6.81. The number of rotatable bonds is 13. The van der Waals surface area contributed by atoms with Crippen molar-refractivity contribution in [3.8, 4) is 17.9 Å². The quantitative estimate of drug-likeness (QED) is 0.188. The molecule has 3 rings (SSSR count). The normalized spacial score (nSPS) is 16.5. The Morgan fingerprint density at radius 2 is 1.95 bits per heavy atom. The summed E-state index contributed by atoms with van der Waals surface area (Å²) >= 11 is 0. The van der Waals surface area contributed by atoms with Gasteiger partial charge < -0.3 is 30.5 Å². The van der Waals surface area contributed by atoms with E-state index in [2.05, 4.69) is 43.8 Å². The Morgan fingerprint density at radius 1 is 1.21 bits per heavy atom. The molecule has 1 fully saturated rings. The second kappa shape index (κ2) is 16.1. The largest absolute Gasteiger partial charge is 0.385 e. The van der Waals surface area contributed by atoms with Crippen LogP contribution in [0.1, 0.15) is 37.3 Å². The van der Waals surface area contributed by atoms with Crippen LogP contribution in [0.3, 0.4) is 0 Å². The van der Waals surface area contributed by atoms with Crippen LogP contribution in [0.15, 0.2) is 42.6 Å². The Bertz CT molecular complexity index is 1330. The molecule has 2 aromatic rings. The Balaban J connectivity index is 1.57. The predicted octanol–water partition coefficient (Wildman–Crippen LogP) is 2.75. The van der Waals surface area contributed by atoms with Gasteiger partial charge in [-0.25, -0.2) is 4.98 Å². The second-order valence-corrected chi connectivity index (χ2v) is 10.5. The molecule has 1 heterocycles. The number of ether oxygens (including phenoxy) is 1. The van der Waals surface area contributed by atoms with Gasteiger partial charge in [0.05, 0.1) is 23.4 Å². The average molecular weight is 573 g/mol. The number of benzene rings is 1. The fourth-order valence-electron chi connectivity index (χ4n) is 4.05. The number of nitrogens with one attached hydrogen (secondary N) is 3. The standard InChI is InChI=1S/C31H40N8O3/c1-22(39(4)28(40)8-6-16-38(2)3)30(41)35-27-18-24(19-27)9-12-25-21-34-31(37-29(25)33-15-7-17-42-5)36-26-13-10-23(20-32)11-14-26/h6,8,10-11,13-14,21-22,24,27H,7,15-19H2,1-5H3,(H,35,41)(H2,33,34,36,37)/b8-6+. The summed E-state index contributed by atoms with van der Waals surface area (Å²) in [6.07, 6.45) is 7.25. The topological polar surface area (TPSA) is 136 Å². The van der Waals surface area contributed by atoms with Crippen LogP contribution < -0.4 is 16.0 Å². The zero-order valence-corrected chi connectivity index (χ0v) is 25.0. The van der Waals surface area contributed by atoms with Gasteiger partial charge in [0.15, 0.2) is 0 Å². The van der Waals surface area contributed by atoms with E-state index >= 15 is 0 Å². The maximum absolute atomic E-state index is 12.7. The highest BCUT2D eigenvalue weighted by Gasteiger charge is 2.31. The predicted molar refractivity (Wildman–Crippen MR) is 163 cm³/mol. The van der Waals surface area contributed by atoms with Gasteiger partial charge in [-0.05, 0) is 64.5 Å². The van der Waals surface area contributed by atoms with Crippen molar-refractivity contribution >= 4 is 29.3 Å². The average Bonchev–Trinajstić information content (AvgIpc) is 2.96. The molecule has 1 aromatic heterocycles. The smallest absolute Gasteiger partial charge is 0.246 e. The summed E-state index contributed by atoms with van der Waals surface area (Å²) in [7, 11) is 7.15. The Labute approximate surface area is 248 Å². The van der Waals surface area contributed by atoms with Gasteiger partial charge in [0.25, 0.3) is 0 Å². The molecule has 1 unspecified atom stereocenters. The van der Waals surface area contributed by atoms with Crippen LogP contribution in [-0.4, -0.2) is 91.6 Å². The molecule has 11 heteroatoms. The number of amides is 2. The molecule has 2 amide bonds. The van der Waals surface area contributed by atoms with E-state index in [1.54, 1.807) is 57.6 Å². The number of hydrogen-bond acceptors (Lipinski definition) is 9. The third kappa shape index (κ3) is 9.88. The number of nitriles is 1. The monoisotopic (exact) mass is 572 g/mol. The van der Waals surface area contributed by atoms with Crippen LogP contribution >= 0.6 is 0 Å². The minimum atomic E-state index is -0.577. The number of carbonyl (C=O) groups excluding carboxylic acids is 2. The molecule has 42 heavy (non-hydrogen) atoms. The summed E-state index contributed by atoms with van der Waals surface area (Å²) in [5, 5.41) is 18.5. The van der Waals surface area contributed by atoms with E-state index in [0.29, 0.717) is 42.6 Å². The van der Waals surface area contributed by atoms with E-state index in [1.807, 2.05) is 19.0 Å². The van der Waals surface area contributed by atoms with E-state index < -0.39 is 6.04 Å². The number of methoxy groups -OCH3 is 1. The molecule has 1 atom stereocenters. The summed E-state index contributed by atoms with van der Waals surface area (Å²) in [4.78, 5) is 37.5. The van der Waals surface area contributed by atoms with Crippen molar-refractivity contribution in [2.45, 2.75) is 38.3 Å². The van der Waals surface area contributed by atoms with Gasteiger partial charge in [-0.15, -0.1) is 0 Å². The third-order valence-corrected chi connectivity index (χ3v) is 6.81. The fraction of sp³-hybridized carbons (Fsp3) is 0.452. The van der Waals surface area contributed by atoms with Crippen molar-refractivity contribution in [2.75, 3.05) is 58.6 Å². The molecule has 1 saturated carbocycles. The summed E-state index contributed by atoms with van der Waals surface area (Å²) < 4.78 is 5.14. The molecule has 0 aliphatic heterocycles. The SMILES string of the molecule is COCCCNc1nc(Nc2ccc(C#N)cc2)ncc1C#CC1CC(NC(=O)C(C)N(C)C(=O)/C=C/CN(C)C)C1. The zero-order chi connectivity index (χ0) is 30.5. The molecular formula is C31H40N8O3. The highest BCUT2D eigenvalue weighted by atomic mass is 16.5. The lowest BCUT2D eigenvalue weighted by molar-refractivity contribution is -0.135. The summed E-state index contributed by atoms with van der Waals surface area (Å²) in [6.45, 7) is 3.67. The van der Waals surface area contributed by atoms with Gasteiger partial charge in [-0.1, -0.05) is 17.9 Å². The lowest BCUT2D eigenvalue weighted by Crippen LogP contribution is -2.51. The van der Waals surface area contributed by atoms with Crippen LogP contribution in [-0.2, 0) is 14.3 Å². The summed E-state index contributed by atoms with van der Waals surface area (Å²) in [5.74, 6) is 7.29. The lowest BCUT2D eigenvalue weighted by Gasteiger charge is -2.34. The minimum Gasteiger partial charge on any atom is -0.385 e. The van der Waals surface area contributed by atoms with E-state index in [1.165, 1.54) is 11.0 Å². The molecule has 0 radical (unpaired) electrons. The summed E-state index contributed by atoms with van der Waals surface area (Å²) in [6, 6.07) is 8.60. The zero-order valence-electron chi connectivity index (χ0n) is 25.0. The lowest BCUT2D eigenvalue weighted by atomic mass is 9.80. The Hall–Kier alpha value is -4.45. The van der Waals surface area contributed by atoms with Gasteiger partial charge in [-0.3, -0.25) is 9.59 Å². The van der Waals surface area contributed by atoms with E-state index in [0.717, 1.165) is 24.9 Å². The maximum Gasteiger partial charge on any atom is 0.246 e. The first kappa shape index (κ1) is 32.1. The van der Waals surface area contributed by atoms with Crippen LogP contribution in [0.25, 0.3) is 0 Å². The number of aromatic nitrogens is 2. The molecule has 0 saturated heterocycles. The molecule has 1 aromatic carbocycles.